The molecular weight excluding hydrogens is 338 g/mol. The first-order valence-corrected chi connectivity index (χ1v) is 8.96. The first-order chi connectivity index (χ1) is 13.2. The summed E-state index contributed by atoms with van der Waals surface area (Å²) in [6.45, 7) is 0.682. The van der Waals surface area contributed by atoms with Crippen LogP contribution in [-0.2, 0) is 6.54 Å². The van der Waals surface area contributed by atoms with Crippen LogP contribution >= 0.6 is 0 Å². The van der Waals surface area contributed by atoms with E-state index < -0.39 is 6.10 Å². The van der Waals surface area contributed by atoms with Crippen LogP contribution in [0.1, 0.15) is 10.4 Å². The van der Waals surface area contributed by atoms with Gasteiger partial charge in [-0.05, 0) is 24.3 Å². The van der Waals surface area contributed by atoms with E-state index in [0.717, 1.165) is 11.0 Å². The summed E-state index contributed by atoms with van der Waals surface area (Å²) in [4.78, 5) is 12.0. The highest BCUT2D eigenvalue weighted by Crippen LogP contribution is 2.28. The number of hydrogen-bond acceptors (Lipinski definition) is 3. The molecule has 0 fully saturated rings. The molecule has 0 saturated heterocycles. The smallest absolute Gasteiger partial charge is 0.265 e. The van der Waals surface area contributed by atoms with Gasteiger partial charge in [0.15, 0.2) is 0 Å². The number of nitrogens with zero attached hydrogens (tertiary/aromatic N) is 1. The maximum atomic E-state index is 12.0. The highest BCUT2D eigenvalue weighted by Gasteiger charge is 2.13. The van der Waals surface area contributed by atoms with Crippen LogP contribution in [0.4, 0.5) is 0 Å². The van der Waals surface area contributed by atoms with E-state index >= 15 is 0 Å². The van der Waals surface area contributed by atoms with Crippen LogP contribution in [-0.4, -0.2) is 28.2 Å². The average molecular weight is 359 g/mol. The molecule has 0 unspecified atom stereocenters. The zero-order valence-corrected chi connectivity index (χ0v) is 14.8. The number of aliphatic hydroxyl groups excluding tert-OH is 1. The third-order valence-corrected chi connectivity index (χ3v) is 4.65. The fraction of sp³-hybridized carbons (Fsp3) is 0.136. The van der Waals surface area contributed by atoms with Gasteiger partial charge in [-0.25, -0.2) is 5.43 Å². The topological polar surface area (TPSA) is 66.3 Å². The van der Waals surface area contributed by atoms with Crippen LogP contribution in [0.25, 0.3) is 21.8 Å². The summed E-state index contributed by atoms with van der Waals surface area (Å²) < 4.78 is 2.12. The molecule has 3 aromatic carbocycles. The first kappa shape index (κ1) is 17.3. The van der Waals surface area contributed by atoms with Crippen molar-refractivity contribution in [1.29, 1.82) is 0 Å². The second-order valence-electron chi connectivity index (χ2n) is 6.50. The van der Waals surface area contributed by atoms with Gasteiger partial charge >= 0.3 is 0 Å². The van der Waals surface area contributed by atoms with Gasteiger partial charge in [0.25, 0.3) is 5.91 Å². The van der Waals surface area contributed by atoms with Crippen LogP contribution < -0.4 is 10.9 Å². The summed E-state index contributed by atoms with van der Waals surface area (Å²) >= 11 is 0. The van der Waals surface area contributed by atoms with E-state index in [-0.39, 0.29) is 12.5 Å². The van der Waals surface area contributed by atoms with Gasteiger partial charge in [0.2, 0.25) is 0 Å². The Bertz CT molecular complexity index is 1020. The van der Waals surface area contributed by atoms with Crippen LogP contribution in [0.5, 0.6) is 0 Å². The van der Waals surface area contributed by atoms with Crippen LogP contribution in [0.2, 0.25) is 0 Å². The van der Waals surface area contributed by atoms with Gasteiger partial charge in [-0.15, -0.1) is 0 Å². The van der Waals surface area contributed by atoms with Gasteiger partial charge in [0.1, 0.15) is 0 Å². The fourth-order valence-electron chi connectivity index (χ4n) is 3.39. The van der Waals surface area contributed by atoms with E-state index in [2.05, 4.69) is 39.7 Å². The Morgan fingerprint density at radius 1 is 0.852 bits per heavy atom. The number of para-hydroxylation sites is 2. The molecule has 1 aromatic heterocycles. The minimum atomic E-state index is -0.653. The van der Waals surface area contributed by atoms with Crippen LogP contribution in [0, 0.1) is 0 Å². The fourth-order valence-corrected chi connectivity index (χ4v) is 3.39. The Kier molecular flexibility index (Phi) is 4.87. The van der Waals surface area contributed by atoms with E-state index in [9.17, 15) is 9.90 Å². The Morgan fingerprint density at radius 3 is 2.04 bits per heavy atom. The molecule has 0 bridgehead atoms. The molecule has 1 atom stereocenters. The summed E-state index contributed by atoms with van der Waals surface area (Å²) in [5, 5.41) is 12.8. The number of hydrazine groups is 1. The number of fused-ring (bicyclic) bond motifs is 3. The number of hydrogen-bond donors (Lipinski definition) is 3. The number of carbonyl (C=O) groups is 1. The maximum Gasteiger partial charge on any atom is 0.265 e. The molecule has 1 heterocycles. The average Bonchev–Trinajstić information content (AvgIpc) is 3.03. The molecule has 5 heteroatoms. The van der Waals surface area contributed by atoms with Crippen molar-refractivity contribution in [2.75, 3.05) is 6.54 Å². The highest BCUT2D eigenvalue weighted by atomic mass is 16.3. The lowest BCUT2D eigenvalue weighted by Crippen LogP contribution is -2.42. The van der Waals surface area contributed by atoms with Gasteiger partial charge in [-0.3, -0.25) is 10.2 Å². The maximum absolute atomic E-state index is 12.0. The number of amides is 1. The van der Waals surface area contributed by atoms with E-state index in [4.69, 9.17) is 0 Å². The summed E-state index contributed by atoms with van der Waals surface area (Å²) in [6.07, 6.45) is -0.653. The Morgan fingerprint density at radius 2 is 1.41 bits per heavy atom. The number of aromatic nitrogens is 1. The normalized spacial score (nSPS) is 12.3. The summed E-state index contributed by atoms with van der Waals surface area (Å²) in [7, 11) is 0. The summed E-state index contributed by atoms with van der Waals surface area (Å²) in [6, 6.07) is 25.3. The lowest BCUT2D eigenvalue weighted by atomic mass is 10.2. The highest BCUT2D eigenvalue weighted by molar-refractivity contribution is 6.07. The zero-order valence-electron chi connectivity index (χ0n) is 14.8. The molecule has 0 aliphatic carbocycles. The molecule has 4 aromatic rings. The van der Waals surface area contributed by atoms with Gasteiger partial charge < -0.3 is 9.67 Å². The Balaban J connectivity index is 1.45. The van der Waals surface area contributed by atoms with E-state index in [1.54, 1.807) is 12.1 Å². The van der Waals surface area contributed by atoms with Crippen molar-refractivity contribution in [3.05, 3.63) is 84.4 Å². The van der Waals surface area contributed by atoms with Crippen molar-refractivity contribution in [1.82, 2.24) is 15.4 Å². The Labute approximate surface area is 157 Å². The van der Waals surface area contributed by atoms with Gasteiger partial charge in [-0.1, -0.05) is 54.6 Å². The lowest BCUT2D eigenvalue weighted by Gasteiger charge is -2.15. The molecule has 0 aliphatic rings. The molecule has 0 spiro atoms. The second-order valence-corrected chi connectivity index (χ2v) is 6.50. The van der Waals surface area contributed by atoms with Crippen molar-refractivity contribution in [3.8, 4) is 0 Å². The zero-order chi connectivity index (χ0) is 18.6. The third-order valence-electron chi connectivity index (χ3n) is 4.65. The van der Waals surface area contributed by atoms with E-state index in [0.29, 0.717) is 12.1 Å². The van der Waals surface area contributed by atoms with Crippen molar-refractivity contribution in [2.24, 2.45) is 0 Å². The van der Waals surface area contributed by atoms with Crippen molar-refractivity contribution >= 4 is 27.7 Å². The molecule has 1 amide bonds. The quantitative estimate of drug-likeness (QED) is 0.464. The molecule has 3 N–H and O–H groups in total. The predicted octanol–water partition coefficient (Wildman–Crippen LogP) is 3.09. The molecule has 0 radical (unpaired) electrons. The predicted molar refractivity (Wildman–Crippen MR) is 107 cm³/mol. The minimum Gasteiger partial charge on any atom is -0.390 e. The number of carbonyl (C=O) groups excluding carboxylic acids is 1. The number of rotatable bonds is 6. The van der Waals surface area contributed by atoms with Gasteiger partial charge in [0, 0.05) is 33.9 Å². The molecular formula is C22H21N3O2. The van der Waals surface area contributed by atoms with Gasteiger partial charge in [-0.2, -0.15) is 0 Å². The molecule has 27 heavy (non-hydrogen) atoms. The van der Waals surface area contributed by atoms with E-state index in [1.807, 2.05) is 42.5 Å². The van der Waals surface area contributed by atoms with Crippen LogP contribution in [0.15, 0.2) is 78.9 Å². The van der Waals surface area contributed by atoms with Crippen molar-refractivity contribution < 1.29 is 9.90 Å². The van der Waals surface area contributed by atoms with Crippen molar-refractivity contribution in [2.45, 2.75) is 12.6 Å². The third kappa shape index (κ3) is 3.56. The molecule has 0 aliphatic heterocycles. The Hall–Kier alpha value is -3.15. The van der Waals surface area contributed by atoms with Crippen molar-refractivity contribution in [3.63, 3.8) is 0 Å². The van der Waals surface area contributed by atoms with E-state index in [1.165, 1.54) is 10.8 Å². The largest absolute Gasteiger partial charge is 0.390 e. The summed E-state index contributed by atoms with van der Waals surface area (Å²) in [5.74, 6) is -0.223. The number of benzene rings is 3. The molecule has 5 nitrogen and oxygen atoms in total. The lowest BCUT2D eigenvalue weighted by molar-refractivity contribution is 0.0912. The molecule has 136 valence electrons. The van der Waals surface area contributed by atoms with Gasteiger partial charge in [0.05, 0.1) is 12.6 Å². The molecule has 0 saturated carbocycles. The number of nitrogens with one attached hydrogen (secondary N) is 2. The summed E-state index contributed by atoms with van der Waals surface area (Å²) in [5.41, 5.74) is 8.20. The standard InChI is InChI=1S/C22H21N3O2/c26-17(14-23-24-22(27)16-8-2-1-3-9-16)15-25-20-12-6-4-10-18(20)19-11-5-7-13-21(19)25/h1-13,17,23,26H,14-15H2,(H,24,27)/t17-/m0/s1. The first-order valence-electron chi connectivity index (χ1n) is 8.96. The molecule has 4 rings (SSSR count). The SMILES string of the molecule is O=C(NNC[C@H](O)Cn1c2ccccc2c2ccccc21)c1ccccc1. The second kappa shape index (κ2) is 7.61. The monoisotopic (exact) mass is 359 g/mol. The number of aliphatic hydroxyl groups is 1. The van der Waals surface area contributed by atoms with Crippen LogP contribution in [0.3, 0.4) is 0 Å². The minimum absolute atomic E-state index is 0.223.